The van der Waals surface area contributed by atoms with Crippen molar-refractivity contribution in [3.8, 4) is 0 Å². The van der Waals surface area contributed by atoms with Gasteiger partial charge in [-0.3, -0.25) is 14.4 Å². The quantitative estimate of drug-likeness (QED) is 0.602. The normalized spacial score (nSPS) is 17.7. The topological polar surface area (TPSA) is 68.6 Å². The second-order valence-electron chi connectivity index (χ2n) is 7.13. The Kier molecular flexibility index (Phi) is 6.25. The number of thiophene rings is 1. The first-order valence-corrected chi connectivity index (χ1v) is 10.6. The highest BCUT2D eigenvalue weighted by molar-refractivity contribution is 7.21. The van der Waals surface area contributed by atoms with Gasteiger partial charge in [0.1, 0.15) is 0 Å². The lowest BCUT2D eigenvalue weighted by molar-refractivity contribution is -0.0329. The Labute approximate surface area is 174 Å². The van der Waals surface area contributed by atoms with Crippen molar-refractivity contribution < 1.29 is 14.3 Å². The van der Waals surface area contributed by atoms with Gasteiger partial charge in [0.25, 0.3) is 5.91 Å². The maximum Gasteiger partial charge on any atom is 0.261 e. The number of nitrogens with zero attached hydrogens (tertiary/aromatic N) is 3. The Morgan fingerprint density at radius 3 is 3.03 bits per heavy atom. The van der Waals surface area contributed by atoms with Gasteiger partial charge in [-0.05, 0) is 17.5 Å². The van der Waals surface area contributed by atoms with Crippen LogP contribution >= 0.6 is 11.3 Å². The van der Waals surface area contributed by atoms with Gasteiger partial charge in [-0.25, -0.2) is 0 Å². The number of amides is 1. The highest BCUT2D eigenvalue weighted by Gasteiger charge is 2.30. The Morgan fingerprint density at radius 2 is 2.24 bits per heavy atom. The van der Waals surface area contributed by atoms with Gasteiger partial charge in [0.05, 0.1) is 29.9 Å². The molecule has 154 valence electrons. The molecule has 4 rings (SSSR count). The minimum atomic E-state index is -0.142. The molecule has 1 aliphatic rings. The number of hydrogen-bond acceptors (Lipinski definition) is 6. The van der Waals surface area contributed by atoms with E-state index in [-0.39, 0.29) is 12.0 Å². The molecule has 0 radical (unpaired) electrons. The molecule has 29 heavy (non-hydrogen) atoms. The minimum absolute atomic E-state index is 0.0643. The van der Waals surface area contributed by atoms with Crippen LogP contribution in [0.1, 0.15) is 27.0 Å². The van der Waals surface area contributed by atoms with Crippen molar-refractivity contribution in [2.75, 3.05) is 40.0 Å². The van der Waals surface area contributed by atoms with Crippen LogP contribution in [0.15, 0.2) is 36.5 Å². The molecule has 3 aromatic rings. The lowest BCUT2D eigenvalue weighted by atomic mass is 10.0. The van der Waals surface area contributed by atoms with Crippen LogP contribution in [-0.4, -0.2) is 60.5 Å². The van der Waals surface area contributed by atoms with E-state index in [9.17, 15) is 4.79 Å². The van der Waals surface area contributed by atoms with E-state index in [0.717, 1.165) is 40.2 Å². The van der Waals surface area contributed by atoms with Crippen LogP contribution in [0.25, 0.3) is 10.1 Å². The number of carbonyl (C=O) groups is 1. The number of hydrogen-bond donors (Lipinski definition) is 1. The lowest BCUT2D eigenvalue weighted by Gasteiger charge is -2.33. The molecule has 3 heterocycles. The summed E-state index contributed by atoms with van der Waals surface area (Å²) in [5.74, 6) is -0.0643. The summed E-state index contributed by atoms with van der Waals surface area (Å²) in [6.07, 6.45) is 1.68. The summed E-state index contributed by atoms with van der Waals surface area (Å²) in [5, 5.41) is 8.32. The van der Waals surface area contributed by atoms with Gasteiger partial charge in [0.2, 0.25) is 0 Å². The molecule has 1 saturated heterocycles. The molecule has 1 aromatic carbocycles. The first-order valence-electron chi connectivity index (χ1n) is 9.76. The van der Waals surface area contributed by atoms with Gasteiger partial charge in [-0.2, -0.15) is 5.10 Å². The van der Waals surface area contributed by atoms with E-state index in [0.29, 0.717) is 19.8 Å². The predicted molar refractivity (Wildman–Crippen MR) is 113 cm³/mol. The van der Waals surface area contributed by atoms with E-state index in [1.165, 1.54) is 17.0 Å². The summed E-state index contributed by atoms with van der Waals surface area (Å²) < 4.78 is 14.2. The van der Waals surface area contributed by atoms with Crippen molar-refractivity contribution in [3.05, 3.63) is 52.7 Å². The van der Waals surface area contributed by atoms with Gasteiger partial charge in [0, 0.05) is 56.8 Å². The van der Waals surface area contributed by atoms with Gasteiger partial charge >= 0.3 is 0 Å². The van der Waals surface area contributed by atoms with Crippen molar-refractivity contribution in [3.63, 3.8) is 0 Å². The van der Waals surface area contributed by atoms with Gasteiger partial charge in [-0.1, -0.05) is 18.2 Å². The standard InChI is InChI=1S/C21H26N4O3S/c1-24-15(7-8-23-24)13-25-10-12-28-17(14-25)19-16-5-3-4-6-18(16)29-20(19)21(26)22-9-11-27-2/h3-8,17H,9-14H2,1-2H3,(H,22,26)/t17-/m0/s1. The highest BCUT2D eigenvalue weighted by atomic mass is 32.1. The summed E-state index contributed by atoms with van der Waals surface area (Å²) in [6.45, 7) is 4.03. The molecule has 7 nitrogen and oxygen atoms in total. The van der Waals surface area contributed by atoms with Crippen LogP contribution in [-0.2, 0) is 23.1 Å². The molecule has 1 N–H and O–H groups in total. The van der Waals surface area contributed by atoms with E-state index >= 15 is 0 Å². The Balaban J connectivity index is 1.60. The average Bonchev–Trinajstić information content (AvgIpc) is 3.32. The van der Waals surface area contributed by atoms with Crippen LogP contribution < -0.4 is 5.32 Å². The molecule has 0 unspecified atom stereocenters. The highest BCUT2D eigenvalue weighted by Crippen LogP contribution is 2.38. The number of nitrogens with one attached hydrogen (secondary N) is 1. The number of benzene rings is 1. The van der Waals surface area contributed by atoms with E-state index in [1.807, 2.05) is 36.1 Å². The average molecular weight is 415 g/mol. The number of aryl methyl sites for hydroxylation is 1. The number of rotatable bonds is 7. The van der Waals surface area contributed by atoms with Crippen molar-refractivity contribution >= 4 is 27.3 Å². The molecule has 1 amide bonds. The molecule has 8 heteroatoms. The molecule has 1 aliphatic heterocycles. The maximum atomic E-state index is 12.9. The second-order valence-corrected chi connectivity index (χ2v) is 8.18. The molecule has 0 spiro atoms. The largest absolute Gasteiger partial charge is 0.383 e. The van der Waals surface area contributed by atoms with E-state index in [4.69, 9.17) is 9.47 Å². The molecular weight excluding hydrogens is 388 g/mol. The van der Waals surface area contributed by atoms with Crippen molar-refractivity contribution in [1.29, 1.82) is 0 Å². The number of methoxy groups -OCH3 is 1. The van der Waals surface area contributed by atoms with Crippen molar-refractivity contribution in [2.24, 2.45) is 7.05 Å². The minimum Gasteiger partial charge on any atom is -0.383 e. The smallest absolute Gasteiger partial charge is 0.261 e. The third-order valence-electron chi connectivity index (χ3n) is 5.21. The fourth-order valence-electron chi connectivity index (χ4n) is 3.71. The van der Waals surface area contributed by atoms with Gasteiger partial charge in [0.15, 0.2) is 0 Å². The SMILES string of the molecule is COCCNC(=O)c1sc2ccccc2c1[C@@H]1CN(Cc2ccnn2C)CCO1. The zero-order chi connectivity index (χ0) is 20.2. The lowest BCUT2D eigenvalue weighted by Crippen LogP contribution is -2.39. The summed E-state index contributed by atoms with van der Waals surface area (Å²) in [4.78, 5) is 16.0. The van der Waals surface area contributed by atoms with E-state index in [2.05, 4.69) is 27.4 Å². The number of carbonyl (C=O) groups excluding carboxylic acids is 1. The zero-order valence-electron chi connectivity index (χ0n) is 16.8. The summed E-state index contributed by atoms with van der Waals surface area (Å²) in [5.41, 5.74) is 2.16. The second kappa shape index (κ2) is 9.04. The summed E-state index contributed by atoms with van der Waals surface area (Å²) in [7, 11) is 3.59. The van der Waals surface area contributed by atoms with Crippen LogP contribution in [0, 0.1) is 0 Å². The molecule has 0 bridgehead atoms. The van der Waals surface area contributed by atoms with Gasteiger partial charge in [-0.15, -0.1) is 11.3 Å². The molecule has 1 fully saturated rings. The van der Waals surface area contributed by atoms with Crippen LogP contribution in [0.2, 0.25) is 0 Å². The third-order valence-corrected chi connectivity index (χ3v) is 6.40. The molecule has 1 atom stereocenters. The first kappa shape index (κ1) is 20.0. The predicted octanol–water partition coefficient (Wildman–Crippen LogP) is 2.58. The van der Waals surface area contributed by atoms with Crippen LogP contribution in [0.5, 0.6) is 0 Å². The molecule has 0 aliphatic carbocycles. The number of aromatic nitrogens is 2. The Bertz CT molecular complexity index is 983. The third kappa shape index (κ3) is 4.35. The van der Waals surface area contributed by atoms with Crippen molar-refractivity contribution in [1.82, 2.24) is 20.0 Å². The van der Waals surface area contributed by atoms with E-state index < -0.39 is 0 Å². The maximum absolute atomic E-state index is 12.9. The Morgan fingerprint density at radius 1 is 1.38 bits per heavy atom. The van der Waals surface area contributed by atoms with Gasteiger partial charge < -0.3 is 14.8 Å². The number of ether oxygens (including phenoxy) is 2. The molecule has 0 saturated carbocycles. The number of fused-ring (bicyclic) bond motifs is 1. The monoisotopic (exact) mass is 414 g/mol. The fraction of sp³-hybridized carbons (Fsp3) is 0.429. The van der Waals surface area contributed by atoms with E-state index in [1.54, 1.807) is 7.11 Å². The summed E-state index contributed by atoms with van der Waals surface area (Å²) in [6, 6.07) is 10.2. The van der Waals surface area contributed by atoms with Crippen molar-refractivity contribution in [2.45, 2.75) is 12.6 Å². The fourth-order valence-corrected chi connectivity index (χ4v) is 4.88. The van der Waals surface area contributed by atoms with Crippen LogP contribution in [0.4, 0.5) is 0 Å². The molecular formula is C21H26N4O3S. The number of morpholine rings is 1. The summed E-state index contributed by atoms with van der Waals surface area (Å²) >= 11 is 1.53. The first-order chi connectivity index (χ1) is 14.2. The molecule has 2 aromatic heterocycles. The van der Waals surface area contributed by atoms with Crippen LogP contribution in [0.3, 0.4) is 0 Å². The Hall–Kier alpha value is -2.26. The zero-order valence-corrected chi connectivity index (χ0v) is 17.6.